The predicted molar refractivity (Wildman–Crippen MR) is 48.2 cm³/mol. The molecular formula is C9H7N3O3. The number of ether oxygens (including phenoxy) is 1. The highest BCUT2D eigenvalue weighted by Crippen LogP contribution is 2.10. The average Bonchev–Trinajstić information content (AvgIpc) is 2.65. The first-order chi connectivity index (χ1) is 7.25. The molecule has 6 heteroatoms. The van der Waals surface area contributed by atoms with Gasteiger partial charge in [-0.3, -0.25) is 0 Å². The molecule has 0 fully saturated rings. The quantitative estimate of drug-likeness (QED) is 0.680. The lowest BCUT2D eigenvalue weighted by molar-refractivity contribution is 0.0719. The largest absolute Gasteiger partial charge is 0.445 e. The fourth-order valence-corrected chi connectivity index (χ4v) is 0.948. The van der Waals surface area contributed by atoms with Gasteiger partial charge in [0, 0.05) is 13.1 Å². The summed E-state index contributed by atoms with van der Waals surface area (Å²) in [5.41, 5.74) is 0.123. The molecule has 0 bridgehead atoms. The Labute approximate surface area is 84.9 Å². The van der Waals surface area contributed by atoms with E-state index in [2.05, 4.69) is 15.2 Å². The number of oxazole rings is 1. The third-order valence-corrected chi connectivity index (χ3v) is 1.58. The molecule has 6 nitrogen and oxygen atoms in total. The minimum Gasteiger partial charge on any atom is -0.445 e. The van der Waals surface area contributed by atoms with Crippen LogP contribution in [0.5, 0.6) is 5.88 Å². The van der Waals surface area contributed by atoms with Gasteiger partial charge < -0.3 is 9.15 Å². The molecule has 0 unspecified atom stereocenters. The molecular weight excluding hydrogens is 198 g/mol. The highest BCUT2D eigenvalue weighted by atomic mass is 16.6. The molecule has 0 spiro atoms. The van der Waals surface area contributed by atoms with Crippen LogP contribution in [0.25, 0.3) is 0 Å². The average molecular weight is 205 g/mol. The Bertz CT molecular complexity index is 466. The minimum atomic E-state index is -0.614. The smallest absolute Gasteiger partial charge is 0.365 e. The molecule has 2 rings (SSSR count). The zero-order chi connectivity index (χ0) is 10.7. The Morgan fingerprint density at radius 3 is 3.00 bits per heavy atom. The first kappa shape index (κ1) is 9.32. The van der Waals surface area contributed by atoms with Crippen molar-refractivity contribution in [2.45, 2.75) is 6.92 Å². The van der Waals surface area contributed by atoms with Crippen LogP contribution in [0.3, 0.4) is 0 Å². The van der Waals surface area contributed by atoms with Crippen molar-refractivity contribution in [3.63, 3.8) is 0 Å². The molecule has 2 aromatic rings. The van der Waals surface area contributed by atoms with Crippen molar-refractivity contribution < 1.29 is 13.9 Å². The summed E-state index contributed by atoms with van der Waals surface area (Å²) < 4.78 is 9.75. The van der Waals surface area contributed by atoms with E-state index in [1.807, 2.05) is 0 Å². The van der Waals surface area contributed by atoms with Crippen LogP contribution < -0.4 is 4.74 Å². The van der Waals surface area contributed by atoms with E-state index in [0.29, 0.717) is 5.89 Å². The fourth-order valence-electron chi connectivity index (χ4n) is 0.948. The van der Waals surface area contributed by atoms with Crippen LogP contribution in [-0.2, 0) is 0 Å². The summed E-state index contributed by atoms with van der Waals surface area (Å²) in [5, 5.41) is 7.16. The summed E-state index contributed by atoms with van der Waals surface area (Å²) >= 11 is 0. The first-order valence-electron chi connectivity index (χ1n) is 4.18. The molecule has 0 aliphatic heterocycles. The van der Waals surface area contributed by atoms with Gasteiger partial charge in [0.05, 0.1) is 0 Å². The van der Waals surface area contributed by atoms with Crippen LogP contribution in [0.1, 0.15) is 16.4 Å². The van der Waals surface area contributed by atoms with E-state index >= 15 is 0 Å². The molecule has 0 atom stereocenters. The lowest BCUT2D eigenvalue weighted by atomic mass is 10.4. The molecule has 2 heterocycles. The zero-order valence-corrected chi connectivity index (χ0v) is 7.88. The van der Waals surface area contributed by atoms with Crippen molar-refractivity contribution >= 4 is 5.97 Å². The van der Waals surface area contributed by atoms with Gasteiger partial charge in [-0.05, 0) is 12.1 Å². The van der Waals surface area contributed by atoms with Crippen LogP contribution in [0.2, 0.25) is 0 Å². The number of aromatic nitrogens is 3. The molecule has 0 N–H and O–H groups in total. The Morgan fingerprint density at radius 2 is 2.40 bits per heavy atom. The maximum atomic E-state index is 11.4. The number of esters is 1. The van der Waals surface area contributed by atoms with Crippen LogP contribution in [0.15, 0.2) is 29.0 Å². The lowest BCUT2D eigenvalue weighted by Crippen LogP contribution is -2.11. The Kier molecular flexibility index (Phi) is 2.40. The fraction of sp³-hybridized carbons (Fsp3) is 0.111. The molecule has 2 aromatic heterocycles. The van der Waals surface area contributed by atoms with Crippen molar-refractivity contribution in [3.05, 3.63) is 36.2 Å². The van der Waals surface area contributed by atoms with Gasteiger partial charge in [0.1, 0.15) is 0 Å². The molecule has 0 aliphatic carbocycles. The number of carbonyl (C=O) groups is 1. The summed E-state index contributed by atoms with van der Waals surface area (Å²) in [5.74, 6) is -0.0727. The molecule has 76 valence electrons. The van der Waals surface area contributed by atoms with Gasteiger partial charge in [-0.15, -0.1) is 5.10 Å². The Morgan fingerprint density at radius 1 is 1.53 bits per heavy atom. The molecule has 0 saturated carbocycles. The summed E-state index contributed by atoms with van der Waals surface area (Å²) in [6.45, 7) is 1.65. The van der Waals surface area contributed by atoms with Crippen LogP contribution >= 0.6 is 0 Å². The zero-order valence-electron chi connectivity index (χ0n) is 7.88. The molecule has 15 heavy (non-hydrogen) atoms. The summed E-state index contributed by atoms with van der Waals surface area (Å²) in [6.07, 6.45) is 2.72. The maximum Gasteiger partial charge on any atom is 0.365 e. The van der Waals surface area contributed by atoms with Crippen molar-refractivity contribution in [1.29, 1.82) is 0 Å². The van der Waals surface area contributed by atoms with Crippen molar-refractivity contribution in [2.75, 3.05) is 0 Å². The van der Waals surface area contributed by atoms with Gasteiger partial charge in [-0.2, -0.15) is 10.1 Å². The summed E-state index contributed by atoms with van der Waals surface area (Å²) in [4.78, 5) is 15.2. The topological polar surface area (TPSA) is 78.1 Å². The van der Waals surface area contributed by atoms with Gasteiger partial charge in [0.25, 0.3) is 5.88 Å². The highest BCUT2D eigenvalue weighted by Gasteiger charge is 2.12. The van der Waals surface area contributed by atoms with Crippen LogP contribution in [0, 0.1) is 6.92 Å². The maximum absolute atomic E-state index is 11.4. The third kappa shape index (κ3) is 2.16. The van der Waals surface area contributed by atoms with E-state index in [1.165, 1.54) is 18.5 Å². The Balaban J connectivity index is 2.11. The molecule has 0 radical (unpaired) electrons. The van der Waals surface area contributed by atoms with Crippen molar-refractivity contribution in [2.24, 2.45) is 0 Å². The van der Waals surface area contributed by atoms with E-state index in [1.54, 1.807) is 13.0 Å². The molecule has 0 saturated heterocycles. The van der Waals surface area contributed by atoms with Crippen molar-refractivity contribution in [3.8, 4) is 5.88 Å². The number of hydrogen-bond donors (Lipinski definition) is 0. The number of carbonyl (C=O) groups excluding carboxylic acids is 1. The second-order valence-corrected chi connectivity index (χ2v) is 2.70. The number of aryl methyl sites for hydroxylation is 1. The van der Waals surface area contributed by atoms with Gasteiger partial charge in [0.2, 0.25) is 0 Å². The van der Waals surface area contributed by atoms with E-state index in [0.717, 1.165) is 0 Å². The van der Waals surface area contributed by atoms with E-state index in [9.17, 15) is 4.79 Å². The minimum absolute atomic E-state index is 0.114. The number of nitrogens with zero attached hydrogens (tertiary/aromatic N) is 3. The SMILES string of the molecule is Cc1nc(OC(=O)c2cccnn2)co1. The van der Waals surface area contributed by atoms with Gasteiger partial charge in [-0.1, -0.05) is 0 Å². The number of rotatable bonds is 2. The summed E-state index contributed by atoms with van der Waals surface area (Å²) in [7, 11) is 0. The van der Waals surface area contributed by atoms with E-state index in [-0.39, 0.29) is 11.6 Å². The van der Waals surface area contributed by atoms with Gasteiger partial charge in [0.15, 0.2) is 17.8 Å². The van der Waals surface area contributed by atoms with Gasteiger partial charge in [-0.25, -0.2) is 4.79 Å². The monoisotopic (exact) mass is 205 g/mol. The Hall–Kier alpha value is -2.24. The third-order valence-electron chi connectivity index (χ3n) is 1.58. The van der Waals surface area contributed by atoms with Gasteiger partial charge >= 0.3 is 5.97 Å². The number of hydrogen-bond acceptors (Lipinski definition) is 6. The van der Waals surface area contributed by atoms with E-state index < -0.39 is 5.97 Å². The lowest BCUT2D eigenvalue weighted by Gasteiger charge is -1.97. The van der Waals surface area contributed by atoms with E-state index in [4.69, 9.17) is 9.15 Å². The normalized spacial score (nSPS) is 9.93. The second-order valence-electron chi connectivity index (χ2n) is 2.70. The second kappa shape index (κ2) is 3.87. The van der Waals surface area contributed by atoms with Crippen LogP contribution in [-0.4, -0.2) is 21.2 Å². The van der Waals surface area contributed by atoms with Crippen LogP contribution in [0.4, 0.5) is 0 Å². The van der Waals surface area contributed by atoms with Crippen molar-refractivity contribution in [1.82, 2.24) is 15.2 Å². The molecule has 0 aliphatic rings. The summed E-state index contributed by atoms with van der Waals surface area (Å²) in [6, 6.07) is 3.10. The first-order valence-corrected chi connectivity index (χ1v) is 4.18. The predicted octanol–water partition coefficient (Wildman–Crippen LogP) is 0.992. The molecule has 0 amide bonds. The highest BCUT2D eigenvalue weighted by molar-refractivity contribution is 5.88. The molecule has 0 aromatic carbocycles. The standard InChI is InChI=1S/C9H7N3O3/c1-6-11-8(5-14-6)15-9(13)7-3-2-4-10-12-7/h2-5H,1H3.